The molecule has 0 unspecified atom stereocenters. The van der Waals surface area contributed by atoms with Gasteiger partial charge in [0, 0.05) is 43.4 Å². The molecule has 12 heteroatoms. The van der Waals surface area contributed by atoms with E-state index in [1.165, 1.54) is 59.8 Å². The van der Waals surface area contributed by atoms with Crippen molar-refractivity contribution in [2.45, 2.75) is 13.3 Å². The highest BCUT2D eigenvalue weighted by molar-refractivity contribution is 7.87. The molecule has 0 bridgehead atoms. The summed E-state index contributed by atoms with van der Waals surface area (Å²) >= 11 is 0. The highest BCUT2D eigenvalue weighted by Gasteiger charge is 2.23. The molecule has 3 aromatic rings. The number of fused-ring (bicyclic) bond motifs is 1. The van der Waals surface area contributed by atoms with Gasteiger partial charge in [-0.2, -0.15) is 12.7 Å². The van der Waals surface area contributed by atoms with Crippen molar-refractivity contribution in [3.63, 3.8) is 0 Å². The number of rotatable bonds is 11. The second-order valence-corrected chi connectivity index (χ2v) is 10.4. The van der Waals surface area contributed by atoms with Crippen molar-refractivity contribution in [1.29, 1.82) is 0 Å². The molecule has 0 aliphatic heterocycles. The monoisotopic (exact) mass is 544 g/mol. The first-order valence-electron chi connectivity index (χ1n) is 11.7. The Bertz CT molecular complexity index is 1450. The number of hydrogen-bond donors (Lipinski definition) is 2. The molecule has 2 amide bonds. The smallest absolute Gasteiger partial charge is 0.307 e. The zero-order chi connectivity index (χ0) is 28.0. The average Bonchev–Trinajstić information content (AvgIpc) is 3.29. The maximum absolute atomic E-state index is 13.3. The number of nitrogens with zero attached hydrogens (tertiary/aromatic N) is 2. The van der Waals surface area contributed by atoms with Gasteiger partial charge < -0.3 is 24.8 Å². The number of carbonyl (C=O) groups excluding carboxylic acids is 2. The topological polar surface area (TPSA) is 128 Å². The number of aromatic nitrogens is 1. The van der Waals surface area contributed by atoms with Crippen LogP contribution < -0.4 is 24.8 Å². The number of benzene rings is 2. The first-order valence-corrected chi connectivity index (χ1v) is 13.1. The van der Waals surface area contributed by atoms with Gasteiger partial charge in [-0.05, 0) is 30.7 Å². The van der Waals surface area contributed by atoms with Crippen molar-refractivity contribution in [3.8, 4) is 17.2 Å². The van der Waals surface area contributed by atoms with Gasteiger partial charge in [-0.15, -0.1) is 0 Å². The average molecular weight is 545 g/mol. The van der Waals surface area contributed by atoms with Crippen molar-refractivity contribution in [2.24, 2.45) is 0 Å². The summed E-state index contributed by atoms with van der Waals surface area (Å²) in [6.07, 6.45) is 3.55. The molecular weight excluding hydrogens is 512 g/mol. The number of para-hydroxylation sites is 1. The second-order valence-electron chi connectivity index (χ2n) is 8.37. The summed E-state index contributed by atoms with van der Waals surface area (Å²) < 4.78 is 44.1. The fourth-order valence-corrected chi connectivity index (χ4v) is 4.72. The van der Waals surface area contributed by atoms with Crippen molar-refractivity contribution in [3.05, 3.63) is 59.4 Å². The van der Waals surface area contributed by atoms with Crippen LogP contribution in [0.4, 0.5) is 0 Å². The van der Waals surface area contributed by atoms with E-state index in [4.69, 9.17) is 14.2 Å². The van der Waals surface area contributed by atoms with Gasteiger partial charge in [0.15, 0.2) is 11.5 Å². The van der Waals surface area contributed by atoms with Crippen molar-refractivity contribution >= 4 is 39.0 Å². The molecule has 2 N–H and O–H groups in total. The fourth-order valence-electron chi connectivity index (χ4n) is 3.71. The first kappa shape index (κ1) is 28.5. The SMILES string of the molecule is CCCNC(=O)/C(=C/c1cn(S(=O)(=O)N(C)C)c2ccccc12)NC(=O)c1cc(OC)c(OC)c(OC)c1. The Morgan fingerprint density at radius 3 is 2.21 bits per heavy atom. The third-order valence-corrected chi connectivity index (χ3v) is 7.40. The number of ether oxygens (including phenoxy) is 3. The van der Waals surface area contributed by atoms with Gasteiger partial charge in [0.25, 0.3) is 11.8 Å². The highest BCUT2D eigenvalue weighted by Crippen LogP contribution is 2.38. The molecule has 204 valence electrons. The highest BCUT2D eigenvalue weighted by atomic mass is 32.2. The van der Waals surface area contributed by atoms with Crippen LogP contribution in [-0.2, 0) is 15.0 Å². The van der Waals surface area contributed by atoms with Crippen LogP contribution in [-0.4, -0.2) is 70.5 Å². The van der Waals surface area contributed by atoms with Crippen LogP contribution in [0.2, 0.25) is 0 Å². The first-order chi connectivity index (χ1) is 18.1. The van der Waals surface area contributed by atoms with Crippen molar-refractivity contribution in [1.82, 2.24) is 18.9 Å². The van der Waals surface area contributed by atoms with E-state index < -0.39 is 22.0 Å². The van der Waals surface area contributed by atoms with E-state index >= 15 is 0 Å². The van der Waals surface area contributed by atoms with Crippen molar-refractivity contribution < 1.29 is 32.2 Å². The maximum atomic E-state index is 13.3. The largest absolute Gasteiger partial charge is 0.493 e. The third-order valence-electron chi connectivity index (χ3n) is 5.67. The van der Waals surface area contributed by atoms with Crippen LogP contribution >= 0.6 is 0 Å². The number of amides is 2. The molecule has 0 aliphatic carbocycles. The molecule has 0 saturated heterocycles. The van der Waals surface area contributed by atoms with E-state index in [0.29, 0.717) is 35.2 Å². The van der Waals surface area contributed by atoms with E-state index in [0.717, 1.165) is 8.28 Å². The summed E-state index contributed by atoms with van der Waals surface area (Å²) in [6, 6.07) is 9.82. The van der Waals surface area contributed by atoms with Crippen molar-refractivity contribution in [2.75, 3.05) is 42.0 Å². The van der Waals surface area contributed by atoms with E-state index in [1.54, 1.807) is 24.3 Å². The molecule has 0 saturated carbocycles. The Labute approximate surface area is 222 Å². The van der Waals surface area contributed by atoms with Gasteiger partial charge in [-0.1, -0.05) is 25.1 Å². The van der Waals surface area contributed by atoms with Crippen LogP contribution in [0.5, 0.6) is 17.2 Å². The number of carbonyl (C=O) groups is 2. The maximum Gasteiger partial charge on any atom is 0.307 e. The predicted molar refractivity (Wildman–Crippen MR) is 145 cm³/mol. The van der Waals surface area contributed by atoms with Gasteiger partial charge in [0.2, 0.25) is 5.75 Å². The van der Waals surface area contributed by atoms with Crippen LogP contribution in [0.25, 0.3) is 17.0 Å². The summed E-state index contributed by atoms with van der Waals surface area (Å²) in [6.45, 7) is 2.28. The molecule has 11 nitrogen and oxygen atoms in total. The van der Waals surface area contributed by atoms with Crippen LogP contribution in [0.1, 0.15) is 29.3 Å². The zero-order valence-electron chi connectivity index (χ0n) is 22.2. The van der Waals surface area contributed by atoms with E-state index in [1.807, 2.05) is 6.92 Å². The second kappa shape index (κ2) is 12.0. The van der Waals surface area contributed by atoms with Gasteiger partial charge in [-0.3, -0.25) is 9.59 Å². The quantitative estimate of drug-likeness (QED) is 0.355. The number of methoxy groups -OCH3 is 3. The van der Waals surface area contributed by atoms with E-state index in [-0.39, 0.29) is 22.8 Å². The third kappa shape index (κ3) is 5.76. The fraction of sp³-hybridized carbons (Fsp3) is 0.308. The predicted octanol–water partition coefficient (Wildman–Crippen LogP) is 2.62. The van der Waals surface area contributed by atoms with Gasteiger partial charge >= 0.3 is 10.2 Å². The lowest BCUT2D eigenvalue weighted by atomic mass is 10.1. The summed E-state index contributed by atoms with van der Waals surface area (Å²) in [4.78, 5) is 26.4. The summed E-state index contributed by atoms with van der Waals surface area (Å²) in [5, 5.41) is 5.99. The summed E-state index contributed by atoms with van der Waals surface area (Å²) in [7, 11) is 3.33. The Morgan fingerprint density at radius 1 is 1.03 bits per heavy atom. The van der Waals surface area contributed by atoms with Gasteiger partial charge in [-0.25, -0.2) is 3.97 Å². The Hall–Kier alpha value is -4.03. The molecule has 2 aromatic carbocycles. The molecule has 0 fully saturated rings. The molecule has 3 rings (SSSR count). The molecule has 0 atom stereocenters. The van der Waals surface area contributed by atoms with Gasteiger partial charge in [0.05, 0.1) is 26.8 Å². The van der Waals surface area contributed by atoms with E-state index in [9.17, 15) is 18.0 Å². The molecule has 38 heavy (non-hydrogen) atoms. The molecule has 0 radical (unpaired) electrons. The zero-order valence-corrected chi connectivity index (χ0v) is 23.0. The van der Waals surface area contributed by atoms with Crippen LogP contribution in [0.15, 0.2) is 48.3 Å². The van der Waals surface area contributed by atoms with Gasteiger partial charge in [0.1, 0.15) is 5.70 Å². The Balaban J connectivity index is 2.13. The summed E-state index contributed by atoms with van der Waals surface area (Å²) in [5.74, 6) is -0.269. The lowest BCUT2D eigenvalue weighted by Gasteiger charge is -2.15. The lowest BCUT2D eigenvalue weighted by molar-refractivity contribution is -0.117. The summed E-state index contributed by atoms with van der Waals surface area (Å²) in [5.41, 5.74) is 0.947. The molecule has 1 heterocycles. The minimum Gasteiger partial charge on any atom is -0.493 e. The van der Waals surface area contributed by atoms with Crippen LogP contribution in [0.3, 0.4) is 0 Å². The molecule has 0 spiro atoms. The Morgan fingerprint density at radius 2 is 1.66 bits per heavy atom. The molecule has 0 aliphatic rings. The normalized spacial score (nSPS) is 11.9. The number of nitrogens with one attached hydrogen (secondary N) is 2. The van der Waals surface area contributed by atoms with Crippen LogP contribution in [0, 0.1) is 0 Å². The minimum atomic E-state index is -3.85. The Kier molecular flexibility index (Phi) is 9.02. The number of hydrogen-bond acceptors (Lipinski definition) is 7. The van der Waals surface area contributed by atoms with E-state index in [2.05, 4.69) is 10.6 Å². The lowest BCUT2D eigenvalue weighted by Crippen LogP contribution is -2.35. The molecule has 1 aromatic heterocycles. The molecular formula is C26H32N4O7S. The minimum absolute atomic E-state index is 0.0673. The standard InChI is InChI=1S/C26H32N4O7S/c1-7-12-27-26(32)20(28-25(31)17-14-22(35-4)24(37-6)23(15-17)36-5)13-18-16-30(38(33,34)29(2)3)21-11-9-8-10-19(18)21/h8-11,13-16H,7,12H2,1-6H3,(H,27,32)(H,28,31)/b20-13-.